The van der Waals surface area contributed by atoms with E-state index in [4.69, 9.17) is 12.2 Å². The number of rotatable bonds is 1. The molecular weight excluding hydrogens is 527 g/mol. The molecule has 3 aliphatic rings. The van der Waals surface area contributed by atoms with E-state index in [0.717, 1.165) is 26.8 Å². The predicted octanol–water partition coefficient (Wildman–Crippen LogP) is 4.99. The van der Waals surface area contributed by atoms with Crippen molar-refractivity contribution >= 4 is 74.0 Å². The van der Waals surface area contributed by atoms with Crippen LogP contribution in [0.2, 0.25) is 0 Å². The maximum Gasteiger partial charge on any atom is 0.264 e. The molecule has 30 heavy (non-hydrogen) atoms. The first-order valence-electron chi connectivity index (χ1n) is 9.65. The molecule has 0 spiro atoms. The molecule has 4 nitrogen and oxygen atoms in total. The maximum absolute atomic E-state index is 13.7. The second-order valence-electron chi connectivity index (χ2n) is 8.73. The first-order valence-corrected chi connectivity index (χ1v) is 12.0. The quantitative estimate of drug-likeness (QED) is 0.311. The number of nitrogens with one attached hydrogen (secondary N) is 1. The number of hydrogen-bond acceptors (Lipinski definition) is 4. The van der Waals surface area contributed by atoms with Crippen LogP contribution in [0.4, 0.5) is 5.69 Å². The van der Waals surface area contributed by atoms with Gasteiger partial charge in [0.25, 0.3) is 11.8 Å². The fourth-order valence-corrected chi connectivity index (χ4v) is 6.90. The predicted molar refractivity (Wildman–Crippen MR) is 133 cm³/mol. The molecule has 1 N–H and O–H groups in total. The largest absolute Gasteiger partial charge is 0.307 e. The van der Waals surface area contributed by atoms with Crippen LogP contribution in [0.25, 0.3) is 5.57 Å². The molecule has 3 heterocycles. The molecule has 1 atom stereocenters. The molecule has 0 aromatic heterocycles. The van der Waals surface area contributed by atoms with Gasteiger partial charge in [-0.05, 0) is 66.1 Å². The van der Waals surface area contributed by atoms with Crippen molar-refractivity contribution in [3.05, 3.63) is 67.6 Å². The van der Waals surface area contributed by atoms with Crippen LogP contribution in [0.3, 0.4) is 0 Å². The summed E-state index contributed by atoms with van der Waals surface area (Å²) < 4.78 is 1.44. The number of thiocarbonyl (C=S) groups is 1. The number of amides is 2. The summed E-state index contributed by atoms with van der Waals surface area (Å²) in [6.45, 7) is 6.47. The summed E-state index contributed by atoms with van der Waals surface area (Å²) in [6, 6.07) is 14.7. The van der Waals surface area contributed by atoms with Crippen LogP contribution in [0.5, 0.6) is 0 Å². The highest BCUT2D eigenvalue weighted by Gasteiger charge is 2.54. The second kappa shape index (κ2) is 6.64. The zero-order valence-electron chi connectivity index (χ0n) is 16.7. The SMILES string of the molecule is CC1(c2ccccc2)CC(C)(C)N2C(=O)C(=C3SC(=S)NC3=O)c3cc(I)cc1c32. The van der Waals surface area contributed by atoms with Crippen LogP contribution < -0.4 is 10.2 Å². The minimum atomic E-state index is -0.418. The van der Waals surface area contributed by atoms with E-state index in [0.29, 0.717) is 14.8 Å². The molecule has 1 fully saturated rings. The standard InChI is InChI=1S/C23H19IN2O2S2/c1-22(2)11-23(3,12-7-5-4-6-8-12)15-10-13(24)9-14-16(20(28)26(22)17(14)15)18-19(27)25-21(29)30-18/h4-10H,11H2,1-3H3,(H,25,27,29). The number of halogens is 1. The Morgan fingerprint density at radius 3 is 2.47 bits per heavy atom. The average molecular weight is 546 g/mol. The summed E-state index contributed by atoms with van der Waals surface area (Å²) >= 11 is 8.67. The topological polar surface area (TPSA) is 49.4 Å². The van der Waals surface area contributed by atoms with Crippen LogP contribution >= 0.6 is 46.6 Å². The normalized spacial score (nSPS) is 26.8. The molecule has 0 radical (unpaired) electrons. The highest BCUT2D eigenvalue weighted by atomic mass is 127. The van der Waals surface area contributed by atoms with E-state index in [2.05, 4.69) is 79.0 Å². The Morgan fingerprint density at radius 2 is 1.83 bits per heavy atom. The lowest BCUT2D eigenvalue weighted by atomic mass is 9.65. The Labute approximate surface area is 198 Å². The van der Waals surface area contributed by atoms with E-state index in [1.165, 1.54) is 17.3 Å². The van der Waals surface area contributed by atoms with Gasteiger partial charge in [0, 0.05) is 20.1 Å². The smallest absolute Gasteiger partial charge is 0.264 e. The lowest BCUT2D eigenvalue weighted by molar-refractivity contribution is -0.116. The third kappa shape index (κ3) is 2.74. The minimum Gasteiger partial charge on any atom is -0.307 e. The lowest BCUT2D eigenvalue weighted by Gasteiger charge is -2.49. The molecule has 0 bridgehead atoms. The van der Waals surface area contributed by atoms with Gasteiger partial charge in [-0.15, -0.1) is 0 Å². The third-order valence-corrected chi connectivity index (χ3v) is 8.08. The van der Waals surface area contributed by atoms with E-state index in [1.54, 1.807) is 0 Å². The van der Waals surface area contributed by atoms with Gasteiger partial charge in [0.2, 0.25) is 0 Å². The summed E-state index contributed by atoms with van der Waals surface area (Å²) in [5, 5.41) is 2.66. The number of nitrogens with zero attached hydrogens (tertiary/aromatic N) is 1. The van der Waals surface area contributed by atoms with E-state index in [1.807, 2.05) is 17.0 Å². The van der Waals surface area contributed by atoms with Gasteiger partial charge in [0.05, 0.1) is 16.2 Å². The van der Waals surface area contributed by atoms with Gasteiger partial charge in [-0.3, -0.25) is 9.59 Å². The molecule has 1 unspecified atom stereocenters. The fraction of sp³-hybridized carbons (Fsp3) is 0.261. The van der Waals surface area contributed by atoms with Crippen LogP contribution in [0.1, 0.15) is 43.9 Å². The number of carbonyl (C=O) groups excluding carboxylic acids is 2. The molecular formula is C23H19IN2O2S2. The lowest BCUT2D eigenvalue weighted by Crippen LogP contribution is -2.54. The monoisotopic (exact) mass is 546 g/mol. The molecule has 2 amide bonds. The average Bonchev–Trinajstić information content (AvgIpc) is 3.15. The van der Waals surface area contributed by atoms with Crippen molar-refractivity contribution < 1.29 is 9.59 Å². The van der Waals surface area contributed by atoms with Crippen LogP contribution in [-0.2, 0) is 15.0 Å². The number of carbonyl (C=O) groups is 2. The van der Waals surface area contributed by atoms with Crippen molar-refractivity contribution in [2.75, 3.05) is 4.90 Å². The molecule has 2 aromatic rings. The van der Waals surface area contributed by atoms with Gasteiger partial charge in [0.15, 0.2) is 0 Å². The Bertz CT molecular complexity index is 1190. The van der Waals surface area contributed by atoms with Crippen molar-refractivity contribution in [1.29, 1.82) is 0 Å². The Balaban J connectivity index is 1.86. The van der Waals surface area contributed by atoms with Crippen LogP contribution in [0.15, 0.2) is 47.4 Å². The van der Waals surface area contributed by atoms with Crippen molar-refractivity contribution in [3.8, 4) is 0 Å². The van der Waals surface area contributed by atoms with Gasteiger partial charge >= 0.3 is 0 Å². The summed E-state index contributed by atoms with van der Waals surface area (Å²) in [5.74, 6) is -0.403. The first kappa shape index (κ1) is 20.2. The van der Waals surface area contributed by atoms with E-state index in [9.17, 15) is 9.59 Å². The highest BCUT2D eigenvalue weighted by molar-refractivity contribution is 14.1. The van der Waals surface area contributed by atoms with Gasteiger partial charge in [-0.25, -0.2) is 0 Å². The van der Waals surface area contributed by atoms with E-state index < -0.39 is 5.54 Å². The van der Waals surface area contributed by atoms with Crippen molar-refractivity contribution in [2.24, 2.45) is 0 Å². The Kier molecular flexibility index (Phi) is 4.47. The molecule has 152 valence electrons. The summed E-state index contributed by atoms with van der Waals surface area (Å²) in [6.07, 6.45) is 0.780. The molecule has 0 saturated carbocycles. The number of benzene rings is 2. The molecule has 1 saturated heterocycles. The molecule has 5 rings (SSSR count). The van der Waals surface area contributed by atoms with Crippen molar-refractivity contribution in [1.82, 2.24) is 5.32 Å². The zero-order valence-corrected chi connectivity index (χ0v) is 20.5. The van der Waals surface area contributed by atoms with E-state index >= 15 is 0 Å². The second-order valence-corrected chi connectivity index (χ2v) is 11.7. The zero-order chi connectivity index (χ0) is 21.4. The fourth-order valence-electron chi connectivity index (χ4n) is 5.16. The molecule has 3 aliphatic heterocycles. The van der Waals surface area contributed by atoms with Gasteiger partial charge in [-0.1, -0.05) is 61.2 Å². The Morgan fingerprint density at radius 1 is 1.13 bits per heavy atom. The van der Waals surface area contributed by atoms with E-state index in [-0.39, 0.29) is 17.2 Å². The summed E-state index contributed by atoms with van der Waals surface area (Å²) in [5.41, 5.74) is 3.91. The maximum atomic E-state index is 13.7. The van der Waals surface area contributed by atoms with Gasteiger partial charge in [0.1, 0.15) is 4.32 Å². The van der Waals surface area contributed by atoms with Crippen molar-refractivity contribution in [2.45, 2.75) is 38.1 Å². The van der Waals surface area contributed by atoms with Gasteiger partial charge in [-0.2, -0.15) is 0 Å². The minimum absolute atomic E-state index is 0.115. The molecule has 2 aromatic carbocycles. The van der Waals surface area contributed by atoms with Gasteiger partial charge < -0.3 is 10.2 Å². The third-order valence-electron chi connectivity index (χ3n) is 6.23. The summed E-state index contributed by atoms with van der Waals surface area (Å²) in [4.78, 5) is 28.6. The first-order chi connectivity index (χ1) is 14.1. The van der Waals surface area contributed by atoms with Crippen molar-refractivity contribution in [3.63, 3.8) is 0 Å². The number of anilines is 1. The molecule has 0 aliphatic carbocycles. The van der Waals surface area contributed by atoms with Crippen LogP contribution in [-0.4, -0.2) is 21.7 Å². The summed E-state index contributed by atoms with van der Waals surface area (Å²) in [7, 11) is 0. The van der Waals surface area contributed by atoms with Crippen LogP contribution in [0, 0.1) is 3.57 Å². The number of thioether (sulfide) groups is 1. The molecule has 7 heteroatoms. The Hall–Kier alpha value is -1.71. The highest BCUT2D eigenvalue weighted by Crippen LogP contribution is 2.57. The number of hydrogen-bond donors (Lipinski definition) is 1.